The Bertz CT molecular complexity index is 70.1. The van der Waals surface area contributed by atoms with Crippen molar-refractivity contribution in [1.29, 1.82) is 0 Å². The molecular formula is C6H13NaOS2. The van der Waals surface area contributed by atoms with E-state index < -0.39 is 0 Å². The van der Waals surface area contributed by atoms with Gasteiger partial charge in [-0.15, -0.1) is 0 Å². The Balaban J connectivity index is 0. The summed E-state index contributed by atoms with van der Waals surface area (Å²) in [6.45, 7) is 2.25. The van der Waals surface area contributed by atoms with E-state index in [1.54, 1.807) is 0 Å². The van der Waals surface area contributed by atoms with Gasteiger partial charge in [0, 0.05) is 0 Å². The second-order valence-corrected chi connectivity index (χ2v) is 4.10. The van der Waals surface area contributed by atoms with Gasteiger partial charge in [-0.1, -0.05) is 12.6 Å². The van der Waals surface area contributed by atoms with Crippen molar-refractivity contribution in [3.63, 3.8) is 0 Å². The standard InChI is InChI=1S/C5H11.CH2OS2.Na/c1-3-5-4-2;2-1(3)4;/h1,3-5H2,2H3;(H2,2,3,4);. The molecule has 56 valence electrons. The molecule has 0 bridgehead atoms. The van der Waals surface area contributed by atoms with Gasteiger partial charge in [-0.3, -0.25) is 0 Å². The largest absolute Gasteiger partial charge is 0.494 e. The molecule has 0 aliphatic heterocycles. The van der Waals surface area contributed by atoms with Crippen molar-refractivity contribution in [3.05, 3.63) is 0 Å². The second-order valence-electron chi connectivity index (χ2n) is 1.99. The summed E-state index contributed by atoms with van der Waals surface area (Å²) in [4.78, 5) is 0. The maximum atomic E-state index is 7.65. The molecule has 0 aliphatic carbocycles. The summed E-state index contributed by atoms with van der Waals surface area (Å²) in [6.07, 6.45) is 4.30. The van der Waals surface area contributed by atoms with E-state index in [1.807, 2.05) is 0 Å². The van der Waals surface area contributed by atoms with E-state index >= 15 is 0 Å². The number of thiocarbonyl (C=S) groups is 1. The van der Waals surface area contributed by atoms with Crippen LogP contribution in [0.1, 0.15) is 26.2 Å². The molecule has 0 atom stereocenters. The smallest absolute Gasteiger partial charge is 0.214 e. The van der Waals surface area contributed by atoms with Crippen LogP contribution in [0.2, 0.25) is 3.67 Å². The summed E-state index contributed by atoms with van der Waals surface area (Å²) < 4.78 is 1.19. The molecule has 1 nitrogen and oxygen atoms in total. The molecule has 0 aromatic heterocycles. The van der Waals surface area contributed by atoms with E-state index in [1.165, 1.54) is 50.9 Å². The van der Waals surface area contributed by atoms with Crippen molar-refractivity contribution in [2.24, 2.45) is 0 Å². The Morgan fingerprint density at radius 2 is 2.00 bits per heavy atom. The molecule has 0 fully saturated rings. The van der Waals surface area contributed by atoms with Gasteiger partial charge in [0.05, 0.1) is 0 Å². The van der Waals surface area contributed by atoms with Crippen molar-refractivity contribution in [2.75, 3.05) is 0 Å². The molecule has 10 heavy (non-hydrogen) atoms. The molecule has 0 aromatic rings. The van der Waals surface area contributed by atoms with Crippen molar-refractivity contribution in [1.82, 2.24) is 0 Å². The number of unbranched alkanes of at least 4 members (excludes halogenated alkanes) is 2. The Labute approximate surface area is 91.4 Å². The van der Waals surface area contributed by atoms with Crippen molar-refractivity contribution in [2.45, 2.75) is 29.9 Å². The van der Waals surface area contributed by atoms with Crippen LogP contribution in [0.5, 0.6) is 0 Å². The average molecular weight is 188 g/mol. The minimum atomic E-state index is -0.306. The van der Waals surface area contributed by atoms with Crippen molar-refractivity contribution in [3.8, 4) is 0 Å². The van der Waals surface area contributed by atoms with Gasteiger partial charge in [0.15, 0.2) is 0 Å². The summed E-state index contributed by atoms with van der Waals surface area (Å²) in [5.74, 6) is 0. The molecule has 0 saturated heterocycles. The summed E-state index contributed by atoms with van der Waals surface area (Å²) in [5.41, 5.74) is 0. The Kier molecular flexibility index (Phi) is 17.8. The Morgan fingerprint density at radius 1 is 1.60 bits per heavy atom. The molecule has 0 amide bonds. The molecule has 0 rings (SSSR count). The van der Waals surface area contributed by atoms with Crippen LogP contribution in [0, 0.1) is 0 Å². The first kappa shape index (κ1) is 13.8. The predicted molar refractivity (Wildman–Crippen MR) is 54.3 cm³/mol. The number of thiol groups is 1. The Morgan fingerprint density at radius 3 is 2.10 bits per heavy atom. The molecular weight excluding hydrogens is 175 g/mol. The maximum Gasteiger partial charge on any atom is 0.214 e. The maximum absolute atomic E-state index is 7.65. The molecule has 0 aromatic carbocycles. The topological polar surface area (TPSA) is 20.2 Å². The zero-order valence-electron chi connectivity index (χ0n) is 6.63. The van der Waals surface area contributed by atoms with Crippen LogP contribution in [0.15, 0.2) is 0 Å². The van der Waals surface area contributed by atoms with Gasteiger partial charge in [-0.05, 0) is 12.2 Å². The molecule has 1 N–H and O–H groups in total. The van der Waals surface area contributed by atoms with Crippen molar-refractivity contribution >= 4 is 57.2 Å². The zero-order chi connectivity index (χ0) is 8.41. The van der Waals surface area contributed by atoms with Gasteiger partial charge in [-0.25, -0.2) is 0 Å². The van der Waals surface area contributed by atoms with Gasteiger partial charge in [0.2, 0.25) is 4.38 Å². The number of aliphatic hydroxyl groups is 1. The third-order valence-corrected chi connectivity index (χ3v) is 1.66. The van der Waals surface area contributed by atoms with Gasteiger partial charge < -0.3 is 5.11 Å². The fourth-order valence-corrected chi connectivity index (χ4v) is 1.000. The number of hydrogen-bond acceptors (Lipinski definition) is 1. The van der Waals surface area contributed by atoms with Gasteiger partial charge in [-0.2, -0.15) is 0 Å². The average Bonchev–Trinajstić information content (AvgIpc) is 1.82. The second kappa shape index (κ2) is 12.9. The Hall–Kier alpha value is 1.24. The fourth-order valence-electron chi connectivity index (χ4n) is 0.500. The normalized spacial score (nSPS) is 8.00. The van der Waals surface area contributed by atoms with Crippen LogP contribution in [0.25, 0.3) is 0 Å². The van der Waals surface area contributed by atoms with E-state index in [0.29, 0.717) is 0 Å². The van der Waals surface area contributed by atoms with E-state index in [0.717, 1.165) is 0 Å². The van der Waals surface area contributed by atoms with E-state index in [2.05, 4.69) is 31.8 Å². The molecule has 0 heterocycles. The van der Waals surface area contributed by atoms with Crippen LogP contribution in [0.3, 0.4) is 0 Å². The monoisotopic (exact) mass is 188 g/mol. The summed E-state index contributed by atoms with van der Waals surface area (Å²) in [7, 11) is 0. The molecule has 0 saturated carbocycles. The first-order valence-corrected chi connectivity index (χ1v) is 5.84. The predicted octanol–water partition coefficient (Wildman–Crippen LogP) is 2.52. The molecule has 0 spiro atoms. The van der Waals surface area contributed by atoms with Crippen LogP contribution in [-0.2, 0) is 0 Å². The molecule has 4 heteroatoms. The van der Waals surface area contributed by atoms with Crippen molar-refractivity contribution < 1.29 is 5.11 Å². The first-order chi connectivity index (χ1) is 4.65. The minimum absolute atomic E-state index is 0.306. The molecule has 0 radical (unpaired) electrons. The molecule has 0 unspecified atom stereocenters. The molecule has 0 aliphatic rings. The number of rotatable bonds is 3. The van der Waals surface area contributed by atoms with E-state index in [4.69, 9.17) is 5.11 Å². The summed E-state index contributed by atoms with van der Waals surface area (Å²) in [6, 6.07) is 0. The number of hydrogen-bond donors (Lipinski definition) is 2. The summed E-state index contributed by atoms with van der Waals surface area (Å²) >= 11 is 8.61. The quantitative estimate of drug-likeness (QED) is 0.307. The van der Waals surface area contributed by atoms with Gasteiger partial charge in [0.25, 0.3) is 0 Å². The number of aliphatic hydroxyl groups excluding tert-OH is 1. The van der Waals surface area contributed by atoms with Gasteiger partial charge >= 0.3 is 57.8 Å². The third-order valence-electron chi connectivity index (χ3n) is 0.957. The third kappa shape index (κ3) is 34.9. The van der Waals surface area contributed by atoms with E-state index in [-0.39, 0.29) is 4.38 Å². The summed E-state index contributed by atoms with van der Waals surface area (Å²) in [5, 5.41) is 7.65. The van der Waals surface area contributed by atoms with E-state index in [9.17, 15) is 0 Å². The minimum Gasteiger partial charge on any atom is -0.494 e. The van der Waals surface area contributed by atoms with Crippen LogP contribution >= 0.6 is 24.8 Å². The zero-order valence-corrected chi connectivity index (χ0v) is 10.3. The van der Waals surface area contributed by atoms with Gasteiger partial charge in [0.1, 0.15) is 0 Å². The SMILES string of the molecule is CCCC[CH2][Na].OC(=S)S. The van der Waals surface area contributed by atoms with Crippen LogP contribution < -0.4 is 0 Å². The fraction of sp³-hybridized carbons (Fsp3) is 0.833. The first-order valence-electron chi connectivity index (χ1n) is 3.57. The van der Waals surface area contributed by atoms with Crippen LogP contribution in [0.4, 0.5) is 0 Å². The van der Waals surface area contributed by atoms with Crippen LogP contribution in [-0.4, -0.2) is 37.4 Å².